The van der Waals surface area contributed by atoms with E-state index in [0.717, 1.165) is 37.1 Å². The van der Waals surface area contributed by atoms with Crippen molar-refractivity contribution in [3.63, 3.8) is 0 Å². The highest BCUT2D eigenvalue weighted by atomic mass is 16.1. The Morgan fingerprint density at radius 1 is 1.26 bits per heavy atom. The molecule has 1 amide bonds. The standard InChI is InChI=1S/C19H29N3O/c1-5-15(4)13-22-17-10-7-6-9-16(17)21-18(22)11-8-12-20-19(23)14(2)3/h6-7,9-10,14-15H,5,8,11-13H2,1-4H3,(H,20,23). The third-order valence-electron chi connectivity index (χ3n) is 4.33. The van der Waals surface area contributed by atoms with Crippen molar-refractivity contribution in [1.82, 2.24) is 14.9 Å². The Hall–Kier alpha value is -1.84. The van der Waals surface area contributed by atoms with Crippen molar-refractivity contribution in [3.8, 4) is 0 Å². The summed E-state index contributed by atoms with van der Waals surface area (Å²) in [5.74, 6) is 1.93. The third kappa shape index (κ3) is 4.57. The molecule has 0 bridgehead atoms. The topological polar surface area (TPSA) is 46.9 Å². The highest BCUT2D eigenvalue weighted by Gasteiger charge is 2.12. The molecule has 0 fully saturated rings. The number of fused-ring (bicyclic) bond motifs is 1. The average molecular weight is 315 g/mol. The normalized spacial score (nSPS) is 12.7. The van der Waals surface area contributed by atoms with Crippen LogP contribution in [0.3, 0.4) is 0 Å². The molecule has 126 valence electrons. The molecule has 1 aromatic carbocycles. The maximum absolute atomic E-state index is 11.6. The Bertz CT molecular complexity index is 645. The number of carbonyl (C=O) groups is 1. The lowest BCUT2D eigenvalue weighted by molar-refractivity contribution is -0.123. The van der Waals surface area contributed by atoms with Crippen LogP contribution in [-0.2, 0) is 17.8 Å². The maximum atomic E-state index is 11.6. The van der Waals surface area contributed by atoms with Crippen LogP contribution in [0.15, 0.2) is 24.3 Å². The van der Waals surface area contributed by atoms with Crippen molar-refractivity contribution in [2.75, 3.05) is 6.54 Å². The number of aryl methyl sites for hydroxylation is 1. The van der Waals surface area contributed by atoms with E-state index < -0.39 is 0 Å². The Morgan fingerprint density at radius 2 is 2.00 bits per heavy atom. The molecule has 1 heterocycles. The number of hydrogen-bond acceptors (Lipinski definition) is 2. The lowest BCUT2D eigenvalue weighted by Crippen LogP contribution is -2.28. The lowest BCUT2D eigenvalue weighted by atomic mass is 10.1. The van der Waals surface area contributed by atoms with Gasteiger partial charge in [-0.25, -0.2) is 4.98 Å². The third-order valence-corrected chi connectivity index (χ3v) is 4.33. The van der Waals surface area contributed by atoms with E-state index in [1.807, 2.05) is 19.9 Å². The van der Waals surface area contributed by atoms with Gasteiger partial charge in [0.2, 0.25) is 5.91 Å². The van der Waals surface area contributed by atoms with E-state index >= 15 is 0 Å². The molecule has 1 aromatic heterocycles. The first-order chi connectivity index (χ1) is 11.0. The van der Waals surface area contributed by atoms with Crippen molar-refractivity contribution in [2.45, 2.75) is 53.5 Å². The SMILES string of the molecule is CCC(C)Cn1c(CCCNC(=O)C(C)C)nc2ccccc21. The van der Waals surface area contributed by atoms with Gasteiger partial charge in [-0.3, -0.25) is 4.79 Å². The number of hydrogen-bond donors (Lipinski definition) is 1. The second-order valence-electron chi connectivity index (χ2n) is 6.69. The molecule has 2 rings (SSSR count). The maximum Gasteiger partial charge on any atom is 0.222 e. The number of amides is 1. The highest BCUT2D eigenvalue weighted by Crippen LogP contribution is 2.19. The summed E-state index contributed by atoms with van der Waals surface area (Å²) in [6.45, 7) is 10.1. The quantitative estimate of drug-likeness (QED) is 0.753. The smallest absolute Gasteiger partial charge is 0.222 e. The Labute approximate surface area is 139 Å². The first-order valence-electron chi connectivity index (χ1n) is 8.74. The molecular weight excluding hydrogens is 286 g/mol. The van der Waals surface area contributed by atoms with Crippen LogP contribution < -0.4 is 5.32 Å². The van der Waals surface area contributed by atoms with Crippen LogP contribution in [0.2, 0.25) is 0 Å². The van der Waals surface area contributed by atoms with E-state index in [-0.39, 0.29) is 11.8 Å². The molecule has 4 nitrogen and oxygen atoms in total. The van der Waals surface area contributed by atoms with Gasteiger partial charge in [-0.15, -0.1) is 0 Å². The summed E-state index contributed by atoms with van der Waals surface area (Å²) >= 11 is 0. The van der Waals surface area contributed by atoms with Gasteiger partial charge in [-0.05, 0) is 24.5 Å². The van der Waals surface area contributed by atoms with Gasteiger partial charge in [-0.2, -0.15) is 0 Å². The zero-order chi connectivity index (χ0) is 16.8. The summed E-state index contributed by atoms with van der Waals surface area (Å²) < 4.78 is 2.35. The summed E-state index contributed by atoms with van der Waals surface area (Å²) in [4.78, 5) is 16.4. The van der Waals surface area contributed by atoms with E-state index in [4.69, 9.17) is 4.98 Å². The van der Waals surface area contributed by atoms with Gasteiger partial charge in [0.05, 0.1) is 11.0 Å². The minimum atomic E-state index is 0.0463. The second kappa shape index (κ2) is 8.14. The summed E-state index contributed by atoms with van der Waals surface area (Å²) in [6, 6.07) is 8.33. The van der Waals surface area contributed by atoms with Crippen molar-refractivity contribution < 1.29 is 4.79 Å². The number of nitrogens with zero attached hydrogens (tertiary/aromatic N) is 2. The number of nitrogens with one attached hydrogen (secondary N) is 1. The van der Waals surface area contributed by atoms with Gasteiger partial charge in [0.1, 0.15) is 5.82 Å². The van der Waals surface area contributed by atoms with Crippen molar-refractivity contribution in [2.24, 2.45) is 11.8 Å². The first kappa shape index (κ1) is 17.5. The van der Waals surface area contributed by atoms with Gasteiger partial charge < -0.3 is 9.88 Å². The minimum absolute atomic E-state index is 0.0463. The monoisotopic (exact) mass is 315 g/mol. The Kier molecular flexibility index (Phi) is 6.20. The summed E-state index contributed by atoms with van der Waals surface area (Å²) in [5.41, 5.74) is 2.28. The fraction of sp³-hybridized carbons (Fsp3) is 0.579. The molecule has 0 saturated heterocycles. The summed E-state index contributed by atoms with van der Waals surface area (Å²) in [6.07, 6.45) is 2.97. The number of para-hydroxylation sites is 2. The van der Waals surface area contributed by atoms with Crippen LogP contribution in [-0.4, -0.2) is 22.0 Å². The van der Waals surface area contributed by atoms with Crippen molar-refractivity contribution in [1.29, 1.82) is 0 Å². The van der Waals surface area contributed by atoms with Crippen LogP contribution in [0.1, 0.15) is 46.4 Å². The molecule has 0 spiro atoms. The molecule has 0 aliphatic carbocycles. The zero-order valence-corrected chi connectivity index (χ0v) is 14.8. The van der Waals surface area contributed by atoms with Gasteiger partial charge in [0.15, 0.2) is 0 Å². The van der Waals surface area contributed by atoms with E-state index in [2.05, 4.69) is 41.9 Å². The molecule has 0 radical (unpaired) electrons. The molecule has 0 saturated carbocycles. The van der Waals surface area contributed by atoms with Crippen LogP contribution in [0.25, 0.3) is 11.0 Å². The Morgan fingerprint density at radius 3 is 2.70 bits per heavy atom. The molecular formula is C19H29N3O. The molecule has 1 atom stereocenters. The lowest BCUT2D eigenvalue weighted by Gasteiger charge is -2.14. The van der Waals surface area contributed by atoms with E-state index in [9.17, 15) is 4.79 Å². The van der Waals surface area contributed by atoms with Crippen LogP contribution in [0.4, 0.5) is 0 Å². The van der Waals surface area contributed by atoms with Crippen LogP contribution in [0, 0.1) is 11.8 Å². The molecule has 4 heteroatoms. The predicted molar refractivity (Wildman–Crippen MR) is 95.4 cm³/mol. The molecule has 23 heavy (non-hydrogen) atoms. The fourth-order valence-electron chi connectivity index (χ4n) is 2.62. The minimum Gasteiger partial charge on any atom is -0.356 e. The number of benzene rings is 1. The van der Waals surface area contributed by atoms with Gasteiger partial charge in [0.25, 0.3) is 0 Å². The molecule has 0 aliphatic heterocycles. The van der Waals surface area contributed by atoms with E-state index in [1.54, 1.807) is 0 Å². The van der Waals surface area contributed by atoms with E-state index in [1.165, 1.54) is 5.52 Å². The van der Waals surface area contributed by atoms with E-state index in [0.29, 0.717) is 12.5 Å². The van der Waals surface area contributed by atoms with Crippen molar-refractivity contribution >= 4 is 16.9 Å². The molecule has 1 unspecified atom stereocenters. The van der Waals surface area contributed by atoms with Gasteiger partial charge in [0, 0.05) is 25.4 Å². The number of rotatable bonds is 8. The zero-order valence-electron chi connectivity index (χ0n) is 14.8. The number of aromatic nitrogens is 2. The number of imidazole rings is 1. The number of carbonyl (C=O) groups excluding carboxylic acids is 1. The molecule has 0 aliphatic rings. The van der Waals surface area contributed by atoms with Gasteiger partial charge in [-0.1, -0.05) is 46.2 Å². The first-order valence-corrected chi connectivity index (χ1v) is 8.74. The predicted octanol–water partition coefficient (Wildman–Crippen LogP) is 3.79. The largest absolute Gasteiger partial charge is 0.356 e. The Balaban J connectivity index is 2.06. The van der Waals surface area contributed by atoms with Crippen LogP contribution >= 0.6 is 0 Å². The highest BCUT2D eigenvalue weighted by molar-refractivity contribution is 5.77. The van der Waals surface area contributed by atoms with Crippen LogP contribution in [0.5, 0.6) is 0 Å². The van der Waals surface area contributed by atoms with Crippen molar-refractivity contribution in [3.05, 3.63) is 30.1 Å². The average Bonchev–Trinajstić information content (AvgIpc) is 2.89. The molecule has 2 aromatic rings. The molecule has 1 N–H and O–H groups in total. The van der Waals surface area contributed by atoms with Gasteiger partial charge >= 0.3 is 0 Å². The second-order valence-corrected chi connectivity index (χ2v) is 6.69. The fourth-order valence-corrected chi connectivity index (χ4v) is 2.62. The summed E-state index contributed by atoms with van der Waals surface area (Å²) in [5, 5.41) is 2.98. The summed E-state index contributed by atoms with van der Waals surface area (Å²) in [7, 11) is 0.